The van der Waals surface area contributed by atoms with Crippen LogP contribution in [-0.2, 0) is 9.53 Å². The van der Waals surface area contributed by atoms with Crippen molar-refractivity contribution in [3.05, 3.63) is 76.8 Å². The average Bonchev–Trinajstić information content (AvgIpc) is 3.23. The van der Waals surface area contributed by atoms with Gasteiger partial charge in [0, 0.05) is 41.6 Å². The molecule has 1 amide bonds. The second kappa shape index (κ2) is 12.7. The van der Waals surface area contributed by atoms with E-state index >= 15 is 0 Å². The van der Waals surface area contributed by atoms with Crippen LogP contribution in [0.3, 0.4) is 0 Å². The van der Waals surface area contributed by atoms with Gasteiger partial charge in [0.2, 0.25) is 5.90 Å². The van der Waals surface area contributed by atoms with E-state index in [0.29, 0.717) is 37.6 Å². The zero-order chi connectivity index (χ0) is 24.4. The van der Waals surface area contributed by atoms with Crippen molar-refractivity contribution in [1.82, 2.24) is 5.32 Å². The van der Waals surface area contributed by atoms with Gasteiger partial charge < -0.3 is 19.9 Å². The number of nitrogens with one attached hydrogen (secondary N) is 1. The number of nitrogens with zero attached hydrogens (tertiary/aromatic N) is 1. The van der Waals surface area contributed by atoms with E-state index in [-0.39, 0.29) is 12.5 Å². The minimum Gasteiger partial charge on any atom is -0.494 e. The van der Waals surface area contributed by atoms with Gasteiger partial charge in [-0.05, 0) is 36.8 Å². The highest BCUT2D eigenvalue weighted by molar-refractivity contribution is 9.10. The Morgan fingerprint density at radius 3 is 2.68 bits per heavy atom. The number of amides is 1. The van der Waals surface area contributed by atoms with Gasteiger partial charge in [-0.3, -0.25) is 4.79 Å². The maximum Gasteiger partial charge on any atom is 0.252 e. The summed E-state index contributed by atoms with van der Waals surface area (Å²) in [5, 5.41) is 12.0. The summed E-state index contributed by atoms with van der Waals surface area (Å²) in [6.45, 7) is 7.17. The summed E-state index contributed by atoms with van der Waals surface area (Å²) in [4.78, 5) is 18.5. The zero-order valence-electron chi connectivity index (χ0n) is 19.6. The number of carbonyl (C=O) groups is 1. The summed E-state index contributed by atoms with van der Waals surface area (Å²) < 4.78 is 12.9. The quantitative estimate of drug-likeness (QED) is 0.271. The summed E-state index contributed by atoms with van der Waals surface area (Å²) >= 11 is 3.62. The van der Waals surface area contributed by atoms with Gasteiger partial charge in [0.1, 0.15) is 5.75 Å². The monoisotopic (exact) mass is 528 g/mol. The minimum atomic E-state index is -1.16. The topological polar surface area (TPSA) is 80.2 Å². The van der Waals surface area contributed by atoms with Gasteiger partial charge in [0.25, 0.3) is 5.91 Å². The van der Waals surface area contributed by atoms with Crippen LogP contribution < -0.4 is 10.1 Å². The third kappa shape index (κ3) is 6.07. The smallest absolute Gasteiger partial charge is 0.252 e. The van der Waals surface area contributed by atoms with E-state index in [1.165, 1.54) is 0 Å². The van der Waals surface area contributed by atoms with Crippen LogP contribution in [0.25, 0.3) is 0 Å². The molecule has 1 aliphatic rings. The number of rotatable bonds is 13. The Balaban J connectivity index is 1.94. The molecule has 7 heteroatoms. The summed E-state index contributed by atoms with van der Waals surface area (Å²) in [5.41, 5.74) is 0.454. The lowest BCUT2D eigenvalue weighted by Crippen LogP contribution is -2.48. The summed E-state index contributed by atoms with van der Waals surface area (Å²) in [6, 6.07) is 15.2. The van der Waals surface area contributed by atoms with E-state index in [0.717, 1.165) is 34.9 Å². The van der Waals surface area contributed by atoms with E-state index in [4.69, 9.17) is 19.6 Å². The number of hydrogen-bond donors (Lipinski definition) is 2. The molecule has 0 saturated carbocycles. The molecular formula is C27H33BrN2O4. The normalized spacial score (nSPS) is 19.3. The Hall–Kier alpha value is -2.64. The lowest BCUT2D eigenvalue weighted by Gasteiger charge is -2.30. The van der Waals surface area contributed by atoms with Crippen molar-refractivity contribution >= 4 is 27.7 Å². The molecule has 0 saturated heterocycles. The lowest BCUT2D eigenvalue weighted by molar-refractivity contribution is -0.128. The highest BCUT2D eigenvalue weighted by Crippen LogP contribution is 2.44. The lowest BCUT2D eigenvalue weighted by atomic mass is 9.84. The molecule has 2 aromatic carbocycles. The third-order valence-electron chi connectivity index (χ3n) is 5.74. The first-order chi connectivity index (χ1) is 16.6. The van der Waals surface area contributed by atoms with Gasteiger partial charge in [-0.25, -0.2) is 4.99 Å². The summed E-state index contributed by atoms with van der Waals surface area (Å²) in [7, 11) is 0. The van der Waals surface area contributed by atoms with Crippen LogP contribution in [0.4, 0.5) is 0 Å². The van der Waals surface area contributed by atoms with Crippen LogP contribution in [0, 0.1) is 0 Å². The zero-order valence-corrected chi connectivity index (χ0v) is 21.2. The number of halogens is 1. The molecule has 3 rings (SSSR count). The molecule has 1 aliphatic heterocycles. The molecule has 2 aromatic rings. The minimum absolute atomic E-state index is 0.0884. The molecule has 0 aliphatic carbocycles. The first-order valence-corrected chi connectivity index (χ1v) is 12.6. The van der Waals surface area contributed by atoms with Crippen molar-refractivity contribution in [1.29, 1.82) is 0 Å². The van der Waals surface area contributed by atoms with Crippen molar-refractivity contribution in [3.8, 4) is 5.75 Å². The number of hydrogen-bond acceptors (Lipinski definition) is 5. The molecule has 0 unspecified atom stereocenters. The number of aliphatic hydroxyl groups excluding tert-OH is 1. The van der Waals surface area contributed by atoms with Crippen molar-refractivity contribution in [2.45, 2.75) is 50.7 Å². The van der Waals surface area contributed by atoms with Crippen LogP contribution in [0.15, 0.2) is 70.7 Å². The second-order valence-electron chi connectivity index (χ2n) is 8.27. The number of ether oxygens (including phenoxy) is 2. The molecule has 2 N–H and O–H groups in total. The van der Waals surface area contributed by atoms with Crippen LogP contribution >= 0.6 is 15.9 Å². The van der Waals surface area contributed by atoms with E-state index < -0.39 is 11.6 Å². The fourth-order valence-electron chi connectivity index (χ4n) is 3.93. The number of carbonyl (C=O) groups excluding carboxylic acids is 1. The van der Waals surface area contributed by atoms with E-state index in [1.54, 1.807) is 6.08 Å². The Morgan fingerprint density at radius 1 is 1.24 bits per heavy atom. The first kappa shape index (κ1) is 26.0. The predicted octanol–water partition coefficient (Wildman–Crippen LogP) is 5.35. The van der Waals surface area contributed by atoms with Gasteiger partial charge in [-0.2, -0.15) is 0 Å². The summed E-state index contributed by atoms with van der Waals surface area (Å²) in [6.07, 6.45) is 5.08. The fraction of sp³-hybridized carbons (Fsp3) is 0.407. The van der Waals surface area contributed by atoms with E-state index in [1.807, 2.05) is 48.5 Å². The number of aliphatic hydroxyl groups is 1. The fourth-order valence-corrected chi connectivity index (χ4v) is 4.42. The van der Waals surface area contributed by atoms with Crippen LogP contribution in [0.2, 0.25) is 0 Å². The molecule has 0 fully saturated rings. The molecule has 0 bridgehead atoms. The van der Waals surface area contributed by atoms with Gasteiger partial charge in [-0.1, -0.05) is 60.0 Å². The molecule has 2 atom stereocenters. The van der Waals surface area contributed by atoms with Crippen molar-refractivity contribution in [2.75, 3.05) is 19.8 Å². The number of benzene rings is 2. The maximum atomic E-state index is 13.6. The van der Waals surface area contributed by atoms with Crippen molar-refractivity contribution < 1.29 is 19.4 Å². The molecule has 6 nitrogen and oxygen atoms in total. The SMILES string of the molecule is C=CC[C@@]1(C(=O)NCCCCC)N=C(c2ccc(OCCCO)cc2)O[C@@H]1c1ccccc1Br. The van der Waals surface area contributed by atoms with E-state index in [9.17, 15) is 4.79 Å². The molecule has 1 heterocycles. The average molecular weight is 529 g/mol. The number of unbranched alkanes of at least 4 members (excludes halogenated alkanes) is 2. The second-order valence-corrected chi connectivity index (χ2v) is 9.12. The standard InChI is InChI=1S/C27H33BrN2O4/c1-3-5-8-17-29-26(32)27(16-4-2)24(22-10-6-7-11-23(22)28)34-25(30-27)20-12-14-21(15-13-20)33-19-9-18-31/h4,6-7,10-15,24,31H,2-3,5,8-9,16-19H2,1H3,(H,29,32)/t24-,27-/m1/s1. The molecular weight excluding hydrogens is 496 g/mol. The molecule has 182 valence electrons. The van der Waals surface area contributed by atoms with Crippen molar-refractivity contribution in [3.63, 3.8) is 0 Å². The Morgan fingerprint density at radius 2 is 2.00 bits per heavy atom. The Bertz CT molecular complexity index is 992. The highest BCUT2D eigenvalue weighted by Gasteiger charge is 2.52. The predicted molar refractivity (Wildman–Crippen MR) is 138 cm³/mol. The maximum absolute atomic E-state index is 13.6. The molecule has 34 heavy (non-hydrogen) atoms. The Kier molecular flexibility index (Phi) is 9.72. The molecule has 0 aromatic heterocycles. The van der Waals surface area contributed by atoms with Crippen LogP contribution in [-0.4, -0.2) is 42.2 Å². The van der Waals surface area contributed by atoms with Crippen LogP contribution in [0.1, 0.15) is 56.3 Å². The first-order valence-electron chi connectivity index (χ1n) is 11.8. The van der Waals surface area contributed by atoms with Crippen LogP contribution in [0.5, 0.6) is 5.75 Å². The van der Waals surface area contributed by atoms with Gasteiger partial charge in [-0.15, -0.1) is 6.58 Å². The van der Waals surface area contributed by atoms with Gasteiger partial charge in [0.15, 0.2) is 11.6 Å². The Labute approximate surface area is 210 Å². The van der Waals surface area contributed by atoms with Gasteiger partial charge in [0.05, 0.1) is 6.61 Å². The molecule has 0 radical (unpaired) electrons. The molecule has 0 spiro atoms. The summed E-state index contributed by atoms with van der Waals surface area (Å²) in [5.74, 6) is 0.945. The largest absolute Gasteiger partial charge is 0.494 e. The third-order valence-corrected chi connectivity index (χ3v) is 6.46. The number of aliphatic imine (C=N–C) groups is 1. The van der Waals surface area contributed by atoms with Crippen molar-refractivity contribution in [2.24, 2.45) is 4.99 Å². The van der Waals surface area contributed by atoms with E-state index in [2.05, 4.69) is 34.7 Å². The van der Waals surface area contributed by atoms with Gasteiger partial charge >= 0.3 is 0 Å². The highest BCUT2D eigenvalue weighted by atomic mass is 79.9.